The van der Waals surface area contributed by atoms with E-state index in [0.29, 0.717) is 17.0 Å². The first kappa shape index (κ1) is 20.4. The van der Waals surface area contributed by atoms with Crippen LogP contribution in [0.4, 0.5) is 10.1 Å². The van der Waals surface area contributed by atoms with Crippen LogP contribution in [-0.4, -0.2) is 32.2 Å². The van der Waals surface area contributed by atoms with Crippen molar-refractivity contribution in [3.63, 3.8) is 0 Å². The second-order valence-electron chi connectivity index (χ2n) is 8.51. The van der Waals surface area contributed by atoms with E-state index < -0.39 is 23.3 Å². The van der Waals surface area contributed by atoms with Crippen LogP contribution in [0.5, 0.6) is 0 Å². The quantitative estimate of drug-likeness (QED) is 0.632. The Morgan fingerprint density at radius 3 is 2.88 bits per heavy atom. The highest BCUT2D eigenvalue weighted by Crippen LogP contribution is 2.31. The molecule has 1 unspecified atom stereocenters. The summed E-state index contributed by atoms with van der Waals surface area (Å²) in [6.07, 6.45) is 4.31. The van der Waals surface area contributed by atoms with Crippen LogP contribution in [0.3, 0.4) is 0 Å². The Bertz CT molecular complexity index is 1220. The molecule has 0 saturated heterocycles. The predicted molar refractivity (Wildman–Crippen MR) is 116 cm³/mol. The summed E-state index contributed by atoms with van der Waals surface area (Å²) in [6, 6.07) is 11.5. The van der Waals surface area contributed by atoms with Gasteiger partial charge in [0.05, 0.1) is 11.3 Å². The van der Waals surface area contributed by atoms with E-state index in [1.54, 1.807) is 36.4 Å². The zero-order valence-corrected chi connectivity index (χ0v) is 17.7. The molecule has 3 heterocycles. The molecule has 3 aromatic rings. The summed E-state index contributed by atoms with van der Waals surface area (Å²) in [5.41, 5.74) is 0.396. The molecule has 2 aromatic carbocycles. The fourth-order valence-electron chi connectivity index (χ4n) is 4.37. The van der Waals surface area contributed by atoms with E-state index in [2.05, 4.69) is 20.1 Å². The SMILES string of the molecule is CC1(C(=O)Nc2cc(-c3nnc4n3CCCCC4)ccc2F)Cc2ccccc2C(=O)O1. The molecule has 0 saturated carbocycles. The summed E-state index contributed by atoms with van der Waals surface area (Å²) in [7, 11) is 0. The number of anilines is 1. The Morgan fingerprint density at radius 1 is 1.16 bits per heavy atom. The molecule has 0 radical (unpaired) electrons. The lowest BCUT2D eigenvalue weighted by molar-refractivity contribution is -0.134. The molecule has 0 spiro atoms. The molecule has 1 atom stereocenters. The Balaban J connectivity index is 1.42. The van der Waals surface area contributed by atoms with Crippen molar-refractivity contribution in [1.29, 1.82) is 0 Å². The average molecular weight is 434 g/mol. The summed E-state index contributed by atoms with van der Waals surface area (Å²) < 4.78 is 22.1. The number of nitrogens with zero attached hydrogens (tertiary/aromatic N) is 3. The molecule has 32 heavy (non-hydrogen) atoms. The van der Waals surface area contributed by atoms with Crippen molar-refractivity contribution in [2.75, 3.05) is 5.32 Å². The maximum Gasteiger partial charge on any atom is 0.339 e. The van der Waals surface area contributed by atoms with Gasteiger partial charge in [0.2, 0.25) is 0 Å². The average Bonchev–Trinajstić information content (AvgIpc) is 3.03. The summed E-state index contributed by atoms with van der Waals surface area (Å²) in [5, 5.41) is 11.2. The normalized spacial score (nSPS) is 20.0. The van der Waals surface area contributed by atoms with E-state index >= 15 is 0 Å². The maximum absolute atomic E-state index is 14.6. The van der Waals surface area contributed by atoms with Crippen molar-refractivity contribution in [1.82, 2.24) is 14.8 Å². The molecule has 8 heteroatoms. The van der Waals surface area contributed by atoms with Gasteiger partial charge in [-0.15, -0.1) is 10.2 Å². The van der Waals surface area contributed by atoms with Crippen LogP contribution in [0, 0.1) is 5.82 Å². The van der Waals surface area contributed by atoms with Gasteiger partial charge >= 0.3 is 5.97 Å². The van der Waals surface area contributed by atoms with Crippen LogP contribution in [0.2, 0.25) is 0 Å². The monoisotopic (exact) mass is 434 g/mol. The van der Waals surface area contributed by atoms with E-state index in [4.69, 9.17) is 4.74 Å². The standard InChI is InChI=1S/C24H23FN4O3/c1-24(14-16-7-4-5-8-17(16)22(30)32-24)23(31)26-19-13-15(10-11-18(19)25)21-28-27-20-9-3-2-6-12-29(20)21/h4-5,7-8,10-11,13H,2-3,6,9,12,14H2,1H3,(H,26,31). The Labute approximate surface area is 184 Å². The van der Waals surface area contributed by atoms with Crippen molar-refractivity contribution in [2.24, 2.45) is 0 Å². The van der Waals surface area contributed by atoms with E-state index in [-0.39, 0.29) is 12.1 Å². The van der Waals surface area contributed by atoms with Gasteiger partial charge in [0.25, 0.3) is 5.91 Å². The topological polar surface area (TPSA) is 86.1 Å². The lowest BCUT2D eigenvalue weighted by Crippen LogP contribution is -2.49. The molecule has 0 fully saturated rings. The van der Waals surface area contributed by atoms with E-state index in [0.717, 1.165) is 43.6 Å². The number of carbonyl (C=O) groups excluding carboxylic acids is 2. The van der Waals surface area contributed by atoms with E-state index in [1.807, 2.05) is 0 Å². The zero-order chi connectivity index (χ0) is 22.3. The Hall–Kier alpha value is -3.55. The maximum atomic E-state index is 14.6. The Morgan fingerprint density at radius 2 is 2.00 bits per heavy atom. The van der Waals surface area contributed by atoms with Crippen molar-refractivity contribution in [2.45, 2.75) is 51.2 Å². The fourth-order valence-corrected chi connectivity index (χ4v) is 4.37. The molecule has 1 N–H and O–H groups in total. The second kappa shape index (κ2) is 7.85. The van der Waals surface area contributed by atoms with Gasteiger partial charge in [0.15, 0.2) is 11.4 Å². The number of halogens is 1. The minimum absolute atomic E-state index is 0.00889. The van der Waals surface area contributed by atoms with Crippen LogP contribution >= 0.6 is 0 Å². The molecular weight excluding hydrogens is 411 g/mol. The summed E-state index contributed by atoms with van der Waals surface area (Å²) in [4.78, 5) is 25.5. The Kier molecular flexibility index (Phi) is 5.00. The molecule has 2 aliphatic rings. The lowest BCUT2D eigenvalue weighted by atomic mass is 9.89. The number of esters is 1. The number of benzene rings is 2. The number of hydrogen-bond donors (Lipinski definition) is 1. The third kappa shape index (κ3) is 3.55. The number of ether oxygens (including phenoxy) is 1. The zero-order valence-electron chi connectivity index (χ0n) is 17.7. The number of amides is 1. The van der Waals surface area contributed by atoms with Gasteiger partial charge in [0, 0.05) is 24.9 Å². The second-order valence-corrected chi connectivity index (χ2v) is 8.51. The lowest BCUT2D eigenvalue weighted by Gasteiger charge is -2.33. The highest BCUT2D eigenvalue weighted by atomic mass is 19.1. The van der Waals surface area contributed by atoms with Gasteiger partial charge in [-0.05, 0) is 49.6 Å². The number of aromatic nitrogens is 3. The minimum Gasteiger partial charge on any atom is -0.445 e. The van der Waals surface area contributed by atoms with Crippen molar-refractivity contribution >= 4 is 17.6 Å². The molecular formula is C24H23FN4O3. The first-order valence-corrected chi connectivity index (χ1v) is 10.8. The number of cyclic esters (lactones) is 1. The number of nitrogens with one attached hydrogen (secondary N) is 1. The molecule has 0 aliphatic carbocycles. The van der Waals surface area contributed by atoms with Crippen molar-refractivity contribution < 1.29 is 18.7 Å². The molecule has 2 aliphatic heterocycles. The molecule has 1 aromatic heterocycles. The van der Waals surface area contributed by atoms with Crippen LogP contribution in [-0.2, 0) is 28.9 Å². The summed E-state index contributed by atoms with van der Waals surface area (Å²) in [6.45, 7) is 2.35. The highest BCUT2D eigenvalue weighted by Gasteiger charge is 2.42. The van der Waals surface area contributed by atoms with Gasteiger partial charge in [-0.2, -0.15) is 0 Å². The first-order valence-electron chi connectivity index (χ1n) is 10.8. The van der Waals surface area contributed by atoms with Crippen LogP contribution in [0.15, 0.2) is 42.5 Å². The number of aryl methyl sites for hydroxylation is 1. The summed E-state index contributed by atoms with van der Waals surface area (Å²) >= 11 is 0. The number of fused-ring (bicyclic) bond motifs is 2. The number of hydrogen-bond acceptors (Lipinski definition) is 5. The van der Waals surface area contributed by atoms with E-state index in [9.17, 15) is 14.0 Å². The molecule has 1 amide bonds. The molecule has 164 valence electrons. The van der Waals surface area contributed by atoms with Crippen LogP contribution in [0.25, 0.3) is 11.4 Å². The first-order chi connectivity index (χ1) is 15.4. The van der Waals surface area contributed by atoms with Gasteiger partial charge in [-0.1, -0.05) is 24.6 Å². The molecule has 7 nitrogen and oxygen atoms in total. The minimum atomic E-state index is -1.44. The third-order valence-corrected chi connectivity index (χ3v) is 6.15. The van der Waals surface area contributed by atoms with Gasteiger partial charge in [-0.25, -0.2) is 9.18 Å². The molecule has 0 bridgehead atoms. The number of rotatable bonds is 3. The highest BCUT2D eigenvalue weighted by molar-refractivity contribution is 6.02. The predicted octanol–water partition coefficient (Wildman–Crippen LogP) is 3.92. The van der Waals surface area contributed by atoms with E-state index in [1.165, 1.54) is 13.0 Å². The van der Waals surface area contributed by atoms with Crippen LogP contribution in [0.1, 0.15) is 47.9 Å². The van der Waals surface area contributed by atoms with Gasteiger partial charge in [-0.3, -0.25) is 4.79 Å². The van der Waals surface area contributed by atoms with Crippen molar-refractivity contribution in [3.8, 4) is 11.4 Å². The fraction of sp³-hybridized carbons (Fsp3) is 0.333. The number of carbonyl (C=O) groups is 2. The smallest absolute Gasteiger partial charge is 0.339 e. The molecule has 5 rings (SSSR count). The van der Waals surface area contributed by atoms with Gasteiger partial charge < -0.3 is 14.6 Å². The largest absolute Gasteiger partial charge is 0.445 e. The third-order valence-electron chi connectivity index (χ3n) is 6.15. The van der Waals surface area contributed by atoms with Crippen LogP contribution < -0.4 is 5.32 Å². The van der Waals surface area contributed by atoms with Gasteiger partial charge in [0.1, 0.15) is 11.6 Å². The summed E-state index contributed by atoms with van der Waals surface area (Å²) in [5.74, 6) is -0.153. The van der Waals surface area contributed by atoms with Crippen molar-refractivity contribution in [3.05, 3.63) is 65.2 Å².